The maximum Gasteiger partial charge on any atom is 0.124 e. The summed E-state index contributed by atoms with van der Waals surface area (Å²) in [5, 5.41) is 3.49. The number of rotatable bonds is 5. The van der Waals surface area contributed by atoms with E-state index in [-0.39, 0.29) is 5.82 Å². The van der Waals surface area contributed by atoms with Crippen LogP contribution in [-0.2, 0) is 13.1 Å². The number of hydrogen-bond donors (Lipinski definition) is 1. The zero-order valence-corrected chi connectivity index (χ0v) is 12.2. The smallest absolute Gasteiger partial charge is 0.124 e. The van der Waals surface area contributed by atoms with Crippen molar-refractivity contribution in [2.24, 2.45) is 0 Å². The molecule has 1 aliphatic carbocycles. The molecule has 0 saturated heterocycles. The van der Waals surface area contributed by atoms with E-state index in [4.69, 9.17) is 0 Å². The van der Waals surface area contributed by atoms with Gasteiger partial charge in [0, 0.05) is 36.0 Å². The third-order valence-electron chi connectivity index (χ3n) is 3.27. The van der Waals surface area contributed by atoms with Crippen LogP contribution in [-0.4, -0.2) is 10.6 Å². The van der Waals surface area contributed by atoms with Crippen LogP contribution in [0, 0.1) is 5.82 Å². The van der Waals surface area contributed by atoms with E-state index < -0.39 is 0 Å². The van der Waals surface area contributed by atoms with Crippen LogP contribution in [0.4, 0.5) is 4.39 Å². The van der Waals surface area contributed by atoms with Crippen LogP contribution in [0.1, 0.15) is 24.0 Å². The molecule has 1 aromatic carbocycles. The van der Waals surface area contributed by atoms with Crippen molar-refractivity contribution in [2.45, 2.75) is 32.0 Å². The normalized spacial score (nSPS) is 14.8. The lowest BCUT2D eigenvalue weighted by Gasteiger charge is -2.05. The van der Waals surface area contributed by atoms with Crippen molar-refractivity contribution in [3.8, 4) is 0 Å². The van der Waals surface area contributed by atoms with Crippen LogP contribution in [0.2, 0.25) is 0 Å². The Kier molecular flexibility index (Phi) is 3.71. The first kappa shape index (κ1) is 12.9. The van der Waals surface area contributed by atoms with Crippen molar-refractivity contribution in [1.82, 2.24) is 9.88 Å². The Labute approximate surface area is 120 Å². The molecule has 2 nitrogen and oxygen atoms in total. The first-order chi connectivity index (χ1) is 9.19. The topological polar surface area (TPSA) is 17.0 Å². The number of hydrogen-bond acceptors (Lipinski definition) is 1. The lowest BCUT2D eigenvalue weighted by molar-refractivity contribution is 0.622. The Morgan fingerprint density at radius 1 is 1.26 bits per heavy atom. The van der Waals surface area contributed by atoms with Gasteiger partial charge in [-0.2, -0.15) is 0 Å². The maximum atomic E-state index is 13.3. The highest BCUT2D eigenvalue weighted by molar-refractivity contribution is 9.10. The average Bonchev–Trinajstić information content (AvgIpc) is 3.06. The number of benzene rings is 1. The van der Waals surface area contributed by atoms with Crippen molar-refractivity contribution >= 4 is 15.9 Å². The van der Waals surface area contributed by atoms with Crippen LogP contribution < -0.4 is 5.32 Å². The molecule has 1 N–H and O–H groups in total. The first-order valence-electron chi connectivity index (χ1n) is 6.52. The van der Waals surface area contributed by atoms with E-state index in [0.717, 1.165) is 22.6 Å². The molecule has 0 unspecified atom stereocenters. The molecule has 1 heterocycles. The van der Waals surface area contributed by atoms with Crippen molar-refractivity contribution in [2.75, 3.05) is 0 Å². The summed E-state index contributed by atoms with van der Waals surface area (Å²) >= 11 is 3.32. The van der Waals surface area contributed by atoms with Crippen molar-refractivity contribution in [3.05, 3.63) is 58.1 Å². The third-order valence-corrected chi connectivity index (χ3v) is 3.73. The van der Waals surface area contributed by atoms with Crippen LogP contribution >= 0.6 is 15.9 Å². The molecule has 1 fully saturated rings. The Hall–Kier alpha value is -1.13. The molecule has 2 aromatic rings. The molecule has 19 heavy (non-hydrogen) atoms. The van der Waals surface area contributed by atoms with Gasteiger partial charge in [0.1, 0.15) is 5.82 Å². The van der Waals surface area contributed by atoms with Gasteiger partial charge in [-0.25, -0.2) is 4.39 Å². The molecule has 1 aromatic heterocycles. The zero-order chi connectivity index (χ0) is 13.2. The van der Waals surface area contributed by atoms with E-state index >= 15 is 0 Å². The largest absolute Gasteiger partial charge is 0.350 e. The lowest BCUT2D eigenvalue weighted by Crippen LogP contribution is -2.14. The van der Waals surface area contributed by atoms with E-state index in [1.807, 2.05) is 12.3 Å². The minimum atomic E-state index is -0.202. The summed E-state index contributed by atoms with van der Waals surface area (Å²) in [6.07, 6.45) is 6.77. The second-order valence-electron chi connectivity index (χ2n) is 5.12. The van der Waals surface area contributed by atoms with Crippen LogP contribution in [0.15, 0.2) is 41.1 Å². The minimum absolute atomic E-state index is 0.202. The molecular weight excluding hydrogens is 307 g/mol. The summed E-state index contributed by atoms with van der Waals surface area (Å²) in [5.74, 6) is -0.202. The van der Waals surface area contributed by atoms with E-state index in [9.17, 15) is 4.39 Å². The predicted octanol–water partition coefficient (Wildman–Crippen LogP) is 3.69. The molecule has 3 rings (SSSR count). The summed E-state index contributed by atoms with van der Waals surface area (Å²) in [6, 6.07) is 7.84. The molecule has 1 aliphatic rings. The molecule has 0 amide bonds. The number of aromatic nitrogens is 1. The SMILES string of the molecule is Fc1cc(Br)cc(Cn2ccc(CNC3CC3)c2)c1. The zero-order valence-electron chi connectivity index (χ0n) is 10.6. The van der Waals surface area contributed by atoms with Crippen LogP contribution in [0.3, 0.4) is 0 Å². The fourth-order valence-electron chi connectivity index (χ4n) is 2.16. The van der Waals surface area contributed by atoms with Crippen molar-refractivity contribution < 1.29 is 4.39 Å². The Bertz CT molecular complexity index is 555. The van der Waals surface area contributed by atoms with Gasteiger partial charge in [-0.05, 0) is 48.2 Å². The third kappa shape index (κ3) is 3.67. The average molecular weight is 323 g/mol. The van der Waals surface area contributed by atoms with Gasteiger partial charge in [0.05, 0.1) is 0 Å². The van der Waals surface area contributed by atoms with Gasteiger partial charge in [0.2, 0.25) is 0 Å². The van der Waals surface area contributed by atoms with Gasteiger partial charge in [0.25, 0.3) is 0 Å². The summed E-state index contributed by atoms with van der Waals surface area (Å²) in [6.45, 7) is 1.62. The molecule has 0 atom stereocenters. The number of halogens is 2. The summed E-state index contributed by atoms with van der Waals surface area (Å²) in [7, 11) is 0. The fourth-order valence-corrected chi connectivity index (χ4v) is 2.67. The fraction of sp³-hybridized carbons (Fsp3) is 0.333. The lowest BCUT2D eigenvalue weighted by atomic mass is 10.2. The van der Waals surface area contributed by atoms with Crippen LogP contribution in [0.5, 0.6) is 0 Å². The molecule has 4 heteroatoms. The van der Waals surface area contributed by atoms with Gasteiger partial charge in [0.15, 0.2) is 0 Å². The van der Waals surface area contributed by atoms with Gasteiger partial charge in [-0.1, -0.05) is 15.9 Å². The quantitative estimate of drug-likeness (QED) is 0.888. The van der Waals surface area contributed by atoms with Crippen molar-refractivity contribution in [3.63, 3.8) is 0 Å². The molecule has 0 bridgehead atoms. The Balaban J connectivity index is 1.65. The molecule has 0 spiro atoms. The second-order valence-corrected chi connectivity index (χ2v) is 6.04. The van der Waals surface area contributed by atoms with E-state index in [1.54, 1.807) is 6.07 Å². The first-order valence-corrected chi connectivity index (χ1v) is 7.31. The summed E-state index contributed by atoms with van der Waals surface area (Å²) in [4.78, 5) is 0. The van der Waals surface area contributed by atoms with Crippen molar-refractivity contribution in [1.29, 1.82) is 0 Å². The molecule has 0 radical (unpaired) electrons. The van der Waals surface area contributed by atoms with E-state index in [1.165, 1.54) is 24.5 Å². The molecular formula is C15H16BrFN2. The molecule has 0 aliphatic heterocycles. The second kappa shape index (κ2) is 5.47. The minimum Gasteiger partial charge on any atom is -0.350 e. The Morgan fingerprint density at radius 2 is 2.11 bits per heavy atom. The highest BCUT2D eigenvalue weighted by Crippen LogP contribution is 2.19. The summed E-state index contributed by atoms with van der Waals surface area (Å²) in [5.41, 5.74) is 2.24. The van der Waals surface area contributed by atoms with Gasteiger partial charge < -0.3 is 9.88 Å². The molecule has 100 valence electrons. The predicted molar refractivity (Wildman–Crippen MR) is 77.5 cm³/mol. The van der Waals surface area contributed by atoms with Crippen LogP contribution in [0.25, 0.3) is 0 Å². The highest BCUT2D eigenvalue weighted by atomic mass is 79.9. The monoisotopic (exact) mass is 322 g/mol. The highest BCUT2D eigenvalue weighted by Gasteiger charge is 2.19. The maximum absolute atomic E-state index is 13.3. The number of nitrogens with zero attached hydrogens (tertiary/aromatic N) is 1. The Morgan fingerprint density at radius 3 is 2.84 bits per heavy atom. The van der Waals surface area contributed by atoms with Gasteiger partial charge in [-0.3, -0.25) is 0 Å². The van der Waals surface area contributed by atoms with Gasteiger partial charge in [-0.15, -0.1) is 0 Å². The van der Waals surface area contributed by atoms with E-state index in [0.29, 0.717) is 6.54 Å². The van der Waals surface area contributed by atoms with E-state index in [2.05, 4.69) is 38.1 Å². The molecule has 1 saturated carbocycles. The van der Waals surface area contributed by atoms with Gasteiger partial charge >= 0.3 is 0 Å². The standard InChI is InChI=1S/C15H16BrFN2/c16-13-5-12(6-14(17)7-13)10-19-4-3-11(9-19)8-18-15-1-2-15/h3-7,9,15,18H,1-2,8,10H2. The summed E-state index contributed by atoms with van der Waals surface area (Å²) < 4.78 is 16.2. The number of nitrogens with one attached hydrogen (secondary N) is 1.